The highest BCUT2D eigenvalue weighted by Gasteiger charge is 1.96. The van der Waals surface area contributed by atoms with Crippen molar-refractivity contribution in [2.24, 2.45) is 0 Å². The van der Waals surface area contributed by atoms with Crippen LogP contribution in [0.4, 0.5) is 0 Å². The molecule has 0 aliphatic heterocycles. The van der Waals surface area contributed by atoms with Crippen LogP contribution < -0.4 is 0 Å². The molecule has 0 fully saturated rings. The summed E-state index contributed by atoms with van der Waals surface area (Å²) in [7, 11) is 0. The zero-order valence-corrected chi connectivity index (χ0v) is 12.3. The number of rotatable bonds is 7. The predicted molar refractivity (Wildman–Crippen MR) is 86.2 cm³/mol. The van der Waals surface area contributed by atoms with Crippen molar-refractivity contribution in [2.75, 3.05) is 6.61 Å². The highest BCUT2D eigenvalue weighted by Crippen LogP contribution is 2.07. The maximum atomic E-state index is 11.2. The second-order valence-electron chi connectivity index (χ2n) is 4.91. The van der Waals surface area contributed by atoms with Crippen LogP contribution in [0, 0.1) is 0 Å². The number of hydrogen-bond acceptors (Lipinski definition) is 2. The van der Waals surface area contributed by atoms with Gasteiger partial charge in [0, 0.05) is 5.56 Å². The molecular weight excluding hydrogens is 260 g/mol. The molecule has 0 bridgehead atoms. The zero-order valence-electron chi connectivity index (χ0n) is 12.3. The lowest BCUT2D eigenvalue weighted by atomic mass is 10.1. The fourth-order valence-electron chi connectivity index (χ4n) is 1.96. The maximum absolute atomic E-state index is 11.2. The fraction of sp³-hybridized carbons (Fsp3) is 0.211. The molecule has 0 aliphatic carbocycles. The van der Waals surface area contributed by atoms with Gasteiger partial charge in [-0.15, -0.1) is 0 Å². The van der Waals surface area contributed by atoms with E-state index in [1.165, 1.54) is 5.56 Å². The third-order valence-electron chi connectivity index (χ3n) is 3.17. The Labute approximate surface area is 126 Å². The van der Waals surface area contributed by atoms with E-state index in [1.807, 2.05) is 42.5 Å². The molecule has 2 aromatic rings. The molecule has 0 saturated heterocycles. The van der Waals surface area contributed by atoms with Crippen molar-refractivity contribution in [1.82, 2.24) is 0 Å². The molecule has 0 spiro atoms. The number of ketones is 1. The van der Waals surface area contributed by atoms with Crippen molar-refractivity contribution in [3.63, 3.8) is 0 Å². The largest absolute Gasteiger partial charge is 0.376 e. The van der Waals surface area contributed by atoms with Gasteiger partial charge in [0.15, 0.2) is 5.78 Å². The van der Waals surface area contributed by atoms with Crippen LogP contribution in [0.2, 0.25) is 0 Å². The van der Waals surface area contributed by atoms with E-state index in [0.29, 0.717) is 13.2 Å². The number of carbonyl (C=O) groups excluding carboxylic acids is 1. The minimum Gasteiger partial charge on any atom is -0.376 e. The molecule has 0 aromatic heterocycles. The molecule has 2 nitrogen and oxygen atoms in total. The van der Waals surface area contributed by atoms with E-state index in [1.54, 1.807) is 6.92 Å². The molecule has 108 valence electrons. The first-order valence-corrected chi connectivity index (χ1v) is 7.15. The van der Waals surface area contributed by atoms with Crippen molar-refractivity contribution in [3.8, 4) is 0 Å². The summed E-state index contributed by atoms with van der Waals surface area (Å²) in [5.41, 5.74) is 3.04. The first-order chi connectivity index (χ1) is 10.3. The van der Waals surface area contributed by atoms with Crippen molar-refractivity contribution in [3.05, 3.63) is 77.4 Å². The van der Waals surface area contributed by atoms with Gasteiger partial charge in [0.05, 0.1) is 13.2 Å². The smallest absolute Gasteiger partial charge is 0.159 e. The molecule has 0 unspecified atom stereocenters. The topological polar surface area (TPSA) is 26.3 Å². The monoisotopic (exact) mass is 280 g/mol. The Bertz CT molecular complexity index is 583. The van der Waals surface area contributed by atoms with Gasteiger partial charge in [0.25, 0.3) is 0 Å². The predicted octanol–water partition coefficient (Wildman–Crippen LogP) is 4.51. The average molecular weight is 280 g/mol. The van der Waals surface area contributed by atoms with E-state index in [4.69, 9.17) is 4.74 Å². The number of carbonyl (C=O) groups is 1. The normalized spacial score (nSPS) is 10.9. The average Bonchev–Trinajstić information content (AvgIpc) is 2.52. The molecule has 2 heteroatoms. The van der Waals surface area contributed by atoms with Gasteiger partial charge in [0.2, 0.25) is 0 Å². The molecule has 2 rings (SSSR count). The van der Waals surface area contributed by atoms with E-state index in [-0.39, 0.29) is 5.78 Å². The number of ether oxygens (including phenoxy) is 1. The molecule has 0 N–H and O–H groups in total. The minimum atomic E-state index is 0.0971. The van der Waals surface area contributed by atoms with Crippen LogP contribution >= 0.6 is 0 Å². The Morgan fingerprint density at radius 1 is 1.05 bits per heavy atom. The zero-order chi connectivity index (χ0) is 14.9. The van der Waals surface area contributed by atoms with Gasteiger partial charge >= 0.3 is 0 Å². The van der Waals surface area contributed by atoms with Gasteiger partial charge in [-0.1, -0.05) is 66.7 Å². The molecule has 0 radical (unpaired) electrons. The van der Waals surface area contributed by atoms with Gasteiger partial charge < -0.3 is 4.74 Å². The van der Waals surface area contributed by atoms with Gasteiger partial charge in [0.1, 0.15) is 0 Å². The first kappa shape index (κ1) is 15.2. The second-order valence-corrected chi connectivity index (χ2v) is 4.91. The summed E-state index contributed by atoms with van der Waals surface area (Å²) in [5, 5.41) is 0. The van der Waals surface area contributed by atoms with E-state index < -0.39 is 0 Å². The molecule has 21 heavy (non-hydrogen) atoms. The number of Topliss-reactive ketones (excluding diaryl/α,β-unsaturated/α-hetero) is 1. The fourth-order valence-corrected chi connectivity index (χ4v) is 1.96. The first-order valence-electron chi connectivity index (χ1n) is 7.15. The lowest BCUT2D eigenvalue weighted by Crippen LogP contribution is -1.93. The summed E-state index contributed by atoms with van der Waals surface area (Å²) in [5.74, 6) is 0.0971. The van der Waals surface area contributed by atoms with Crippen molar-refractivity contribution in [1.29, 1.82) is 0 Å². The number of benzene rings is 2. The van der Waals surface area contributed by atoms with Crippen LogP contribution in [-0.2, 0) is 11.3 Å². The van der Waals surface area contributed by atoms with Crippen molar-refractivity contribution in [2.45, 2.75) is 20.0 Å². The highest BCUT2D eigenvalue weighted by atomic mass is 16.5. The Hall–Kier alpha value is -2.19. The molecule has 0 heterocycles. The number of hydrogen-bond donors (Lipinski definition) is 0. The quantitative estimate of drug-likeness (QED) is 0.551. The lowest BCUT2D eigenvalue weighted by molar-refractivity contribution is 0.101. The summed E-state index contributed by atoms with van der Waals surface area (Å²) >= 11 is 0. The van der Waals surface area contributed by atoms with E-state index in [2.05, 4.69) is 24.3 Å². The Morgan fingerprint density at radius 2 is 1.76 bits per heavy atom. The van der Waals surface area contributed by atoms with E-state index in [9.17, 15) is 4.79 Å². The van der Waals surface area contributed by atoms with Crippen LogP contribution in [0.5, 0.6) is 0 Å². The molecule has 0 amide bonds. The summed E-state index contributed by atoms with van der Waals surface area (Å²) in [4.78, 5) is 11.2. The summed E-state index contributed by atoms with van der Waals surface area (Å²) < 4.78 is 5.61. The molecular formula is C19H20O2. The standard InChI is InChI=1S/C19H20O2/c1-16(20)19-12-10-17(11-13-19)7-5-6-14-21-15-18-8-3-2-4-9-18/h2-5,7-13H,6,14-15H2,1H3/b7-5-. The van der Waals surface area contributed by atoms with Crippen LogP contribution in [-0.4, -0.2) is 12.4 Å². The maximum Gasteiger partial charge on any atom is 0.159 e. The lowest BCUT2D eigenvalue weighted by Gasteiger charge is -2.02. The van der Waals surface area contributed by atoms with Gasteiger partial charge in [-0.3, -0.25) is 4.79 Å². The second kappa shape index (κ2) is 8.18. The summed E-state index contributed by atoms with van der Waals surface area (Å²) in [6, 6.07) is 17.8. The Kier molecular flexibility index (Phi) is 5.92. The highest BCUT2D eigenvalue weighted by molar-refractivity contribution is 5.94. The van der Waals surface area contributed by atoms with Crippen LogP contribution in [0.15, 0.2) is 60.7 Å². The summed E-state index contributed by atoms with van der Waals surface area (Å²) in [6.45, 7) is 2.94. The molecule has 0 saturated carbocycles. The molecule has 2 aromatic carbocycles. The SMILES string of the molecule is CC(=O)c1ccc(/C=C\CCOCc2ccccc2)cc1. The van der Waals surface area contributed by atoms with E-state index >= 15 is 0 Å². The van der Waals surface area contributed by atoms with Crippen LogP contribution in [0.25, 0.3) is 6.08 Å². The third kappa shape index (κ3) is 5.36. The molecule has 0 atom stereocenters. The van der Waals surface area contributed by atoms with Crippen LogP contribution in [0.3, 0.4) is 0 Å². The van der Waals surface area contributed by atoms with Gasteiger partial charge in [-0.25, -0.2) is 0 Å². The van der Waals surface area contributed by atoms with Gasteiger partial charge in [-0.05, 0) is 24.5 Å². The third-order valence-corrected chi connectivity index (χ3v) is 3.17. The molecule has 0 aliphatic rings. The van der Waals surface area contributed by atoms with Gasteiger partial charge in [-0.2, -0.15) is 0 Å². The minimum absolute atomic E-state index is 0.0971. The summed E-state index contributed by atoms with van der Waals surface area (Å²) in [6.07, 6.45) is 5.02. The van der Waals surface area contributed by atoms with E-state index in [0.717, 1.165) is 17.5 Å². The van der Waals surface area contributed by atoms with Crippen molar-refractivity contribution < 1.29 is 9.53 Å². The Balaban J connectivity index is 1.69. The van der Waals surface area contributed by atoms with Crippen LogP contribution in [0.1, 0.15) is 34.8 Å². The van der Waals surface area contributed by atoms with Crippen molar-refractivity contribution >= 4 is 11.9 Å². The Morgan fingerprint density at radius 3 is 2.43 bits per heavy atom.